The van der Waals surface area contributed by atoms with E-state index in [0.717, 1.165) is 11.1 Å². The van der Waals surface area contributed by atoms with Gasteiger partial charge in [-0.25, -0.2) is 8.78 Å². The number of rotatable bonds is 2. The second-order valence-electron chi connectivity index (χ2n) is 6.14. The molecule has 1 aliphatic rings. The van der Waals surface area contributed by atoms with Crippen LogP contribution in [0.3, 0.4) is 0 Å². The minimum Gasteiger partial charge on any atom is -0.365 e. The predicted molar refractivity (Wildman–Crippen MR) is 93.1 cm³/mol. The number of H-pyrrole nitrogens is 1. The van der Waals surface area contributed by atoms with Crippen LogP contribution in [0.15, 0.2) is 29.3 Å². The van der Waals surface area contributed by atoms with Crippen molar-refractivity contribution in [2.45, 2.75) is 13.3 Å². The van der Waals surface area contributed by atoms with Gasteiger partial charge in [-0.1, -0.05) is 18.2 Å². The number of primary amides is 1. The second kappa shape index (κ2) is 5.51. The number of carbonyl (C=O) groups excluding carboxylic acids is 1. The fraction of sp³-hybridized carbons (Fsp3) is 0.158. The number of nitrogens with two attached hydrogens (primary N) is 1. The number of nitrogens with one attached hydrogen (secondary N) is 1. The van der Waals surface area contributed by atoms with Crippen LogP contribution in [0, 0.1) is 18.6 Å². The van der Waals surface area contributed by atoms with Crippen LogP contribution in [0.5, 0.6) is 0 Å². The van der Waals surface area contributed by atoms with Gasteiger partial charge < -0.3 is 10.7 Å². The number of aromatic amines is 1. The maximum Gasteiger partial charge on any atom is 0.253 e. The molecule has 3 N–H and O–H groups in total. The van der Waals surface area contributed by atoms with E-state index >= 15 is 0 Å². The first-order valence-electron chi connectivity index (χ1n) is 7.91. The van der Waals surface area contributed by atoms with Crippen LogP contribution in [-0.4, -0.2) is 23.7 Å². The van der Waals surface area contributed by atoms with Crippen molar-refractivity contribution in [3.8, 4) is 11.1 Å². The molecule has 0 fully saturated rings. The molecular weight excluding hydrogens is 324 g/mol. The summed E-state index contributed by atoms with van der Waals surface area (Å²) in [4.78, 5) is 18.8. The zero-order valence-corrected chi connectivity index (χ0v) is 13.5. The van der Waals surface area contributed by atoms with Gasteiger partial charge in [0.2, 0.25) is 0 Å². The molecule has 4 rings (SSSR count). The van der Waals surface area contributed by atoms with Crippen LogP contribution in [0.1, 0.15) is 27.2 Å². The maximum absolute atomic E-state index is 15.0. The van der Waals surface area contributed by atoms with Crippen LogP contribution >= 0.6 is 0 Å². The SMILES string of the molecule is Cc1cc2c(-c3cccc4c3CCN=C4)c(F)c(F)c(C(N)=O)c2[nH]1. The quantitative estimate of drug-likeness (QED) is 0.737. The molecule has 0 unspecified atom stereocenters. The van der Waals surface area contributed by atoms with E-state index in [9.17, 15) is 13.6 Å². The molecule has 1 aromatic heterocycles. The highest BCUT2D eigenvalue weighted by molar-refractivity contribution is 6.10. The average molecular weight is 339 g/mol. The van der Waals surface area contributed by atoms with Crippen LogP contribution in [-0.2, 0) is 6.42 Å². The molecule has 1 amide bonds. The molecule has 4 nitrogen and oxygen atoms in total. The molecule has 1 aliphatic heterocycles. The number of hydrogen-bond donors (Lipinski definition) is 2. The zero-order valence-electron chi connectivity index (χ0n) is 13.5. The molecule has 0 aliphatic carbocycles. The van der Waals surface area contributed by atoms with E-state index < -0.39 is 23.1 Å². The topological polar surface area (TPSA) is 71.2 Å². The summed E-state index contributed by atoms with van der Waals surface area (Å²) < 4.78 is 29.6. The van der Waals surface area contributed by atoms with Crippen LogP contribution in [0.4, 0.5) is 8.78 Å². The molecule has 126 valence electrons. The van der Waals surface area contributed by atoms with E-state index in [4.69, 9.17) is 5.73 Å². The molecule has 0 spiro atoms. The normalized spacial score (nSPS) is 13.2. The third-order valence-corrected chi connectivity index (χ3v) is 4.55. The summed E-state index contributed by atoms with van der Waals surface area (Å²) in [5.41, 5.74) is 8.31. The number of amides is 1. The van der Waals surface area contributed by atoms with Crippen molar-refractivity contribution in [1.82, 2.24) is 4.98 Å². The minimum absolute atomic E-state index is 0.147. The Morgan fingerprint density at radius 2 is 2.08 bits per heavy atom. The monoisotopic (exact) mass is 339 g/mol. The fourth-order valence-electron chi connectivity index (χ4n) is 3.50. The lowest BCUT2D eigenvalue weighted by Gasteiger charge is -2.17. The first kappa shape index (κ1) is 15.5. The number of hydrogen-bond acceptors (Lipinski definition) is 2. The molecule has 0 saturated heterocycles. The van der Waals surface area contributed by atoms with E-state index in [1.807, 2.05) is 6.07 Å². The average Bonchev–Trinajstić information content (AvgIpc) is 2.96. The Morgan fingerprint density at radius 3 is 2.84 bits per heavy atom. The van der Waals surface area contributed by atoms with Gasteiger partial charge in [0.15, 0.2) is 11.6 Å². The van der Waals surface area contributed by atoms with Gasteiger partial charge in [-0.15, -0.1) is 0 Å². The molecule has 25 heavy (non-hydrogen) atoms. The van der Waals surface area contributed by atoms with Crippen molar-refractivity contribution < 1.29 is 13.6 Å². The van der Waals surface area contributed by atoms with Gasteiger partial charge in [-0.2, -0.15) is 0 Å². The molecule has 2 aromatic carbocycles. The maximum atomic E-state index is 15.0. The van der Waals surface area contributed by atoms with Gasteiger partial charge in [0.05, 0.1) is 5.52 Å². The van der Waals surface area contributed by atoms with Crippen molar-refractivity contribution in [3.05, 3.63) is 58.3 Å². The van der Waals surface area contributed by atoms with Gasteiger partial charge in [0.1, 0.15) is 5.56 Å². The Hall–Kier alpha value is -3.02. The van der Waals surface area contributed by atoms with E-state index in [0.29, 0.717) is 29.6 Å². The highest BCUT2D eigenvalue weighted by atomic mass is 19.2. The first-order valence-corrected chi connectivity index (χ1v) is 7.91. The molecule has 6 heteroatoms. The van der Waals surface area contributed by atoms with Crippen molar-refractivity contribution in [2.75, 3.05) is 6.54 Å². The third kappa shape index (κ3) is 2.25. The van der Waals surface area contributed by atoms with E-state index in [1.54, 1.807) is 31.3 Å². The standard InChI is InChI=1S/C19H15F2N3O/c1-9-7-13-14(12-4-2-3-10-8-23-6-5-11(10)12)16(20)17(21)15(19(22)25)18(13)24-9/h2-4,7-8,24H,5-6H2,1H3,(H2,22,25). The van der Waals surface area contributed by atoms with E-state index in [1.165, 1.54) is 0 Å². The Labute approximate surface area is 142 Å². The summed E-state index contributed by atoms with van der Waals surface area (Å²) in [7, 11) is 0. The Balaban J connectivity index is 2.14. The first-order chi connectivity index (χ1) is 12.0. The van der Waals surface area contributed by atoms with Crippen LogP contribution in [0.2, 0.25) is 0 Å². The van der Waals surface area contributed by atoms with Crippen molar-refractivity contribution in [1.29, 1.82) is 0 Å². The summed E-state index contributed by atoms with van der Waals surface area (Å²) in [5.74, 6) is -3.29. The number of halogens is 2. The highest BCUT2D eigenvalue weighted by Gasteiger charge is 2.26. The summed E-state index contributed by atoms with van der Waals surface area (Å²) in [6, 6.07) is 7.15. The Morgan fingerprint density at radius 1 is 1.28 bits per heavy atom. The molecule has 0 radical (unpaired) electrons. The Bertz CT molecular complexity index is 1070. The lowest BCUT2D eigenvalue weighted by atomic mass is 9.89. The molecule has 0 saturated carbocycles. The van der Waals surface area contributed by atoms with Gasteiger partial charge in [0, 0.05) is 29.4 Å². The van der Waals surface area contributed by atoms with Gasteiger partial charge in [0.25, 0.3) is 5.91 Å². The predicted octanol–water partition coefficient (Wildman–Crippen LogP) is 3.50. The van der Waals surface area contributed by atoms with Crippen molar-refractivity contribution >= 4 is 23.0 Å². The van der Waals surface area contributed by atoms with Crippen molar-refractivity contribution in [3.63, 3.8) is 0 Å². The lowest BCUT2D eigenvalue weighted by Crippen LogP contribution is -2.16. The minimum atomic E-state index is -1.22. The smallest absolute Gasteiger partial charge is 0.253 e. The van der Waals surface area contributed by atoms with Crippen LogP contribution < -0.4 is 5.73 Å². The van der Waals surface area contributed by atoms with Gasteiger partial charge >= 0.3 is 0 Å². The number of fused-ring (bicyclic) bond motifs is 2. The second-order valence-corrected chi connectivity index (χ2v) is 6.14. The molecule has 3 aromatic rings. The molecule has 2 heterocycles. The number of carbonyl (C=O) groups is 1. The summed E-state index contributed by atoms with van der Waals surface area (Å²) >= 11 is 0. The lowest BCUT2D eigenvalue weighted by molar-refractivity contribution is 0.0997. The summed E-state index contributed by atoms with van der Waals surface area (Å²) in [6.45, 7) is 2.36. The van der Waals surface area contributed by atoms with Crippen molar-refractivity contribution in [2.24, 2.45) is 10.7 Å². The molecule has 0 bridgehead atoms. The summed E-state index contributed by atoms with van der Waals surface area (Å²) in [6.07, 6.45) is 2.39. The number of aryl methyl sites for hydroxylation is 1. The van der Waals surface area contributed by atoms with E-state index in [2.05, 4.69) is 9.98 Å². The highest BCUT2D eigenvalue weighted by Crippen LogP contribution is 2.38. The Kier molecular flexibility index (Phi) is 3.42. The van der Waals surface area contributed by atoms with E-state index in [-0.39, 0.29) is 11.1 Å². The summed E-state index contributed by atoms with van der Waals surface area (Å²) in [5, 5.41) is 0.445. The number of nitrogens with zero attached hydrogens (tertiary/aromatic N) is 1. The van der Waals surface area contributed by atoms with Gasteiger partial charge in [-0.05, 0) is 36.1 Å². The number of benzene rings is 2. The third-order valence-electron chi connectivity index (χ3n) is 4.55. The largest absolute Gasteiger partial charge is 0.365 e. The van der Waals surface area contributed by atoms with Gasteiger partial charge in [-0.3, -0.25) is 9.79 Å². The molecule has 0 atom stereocenters. The number of aromatic nitrogens is 1. The fourth-order valence-corrected chi connectivity index (χ4v) is 3.50. The number of aliphatic imine (C=N–C) groups is 1. The molecular formula is C19H15F2N3O. The zero-order chi connectivity index (χ0) is 17.7. The van der Waals surface area contributed by atoms with Crippen LogP contribution in [0.25, 0.3) is 22.0 Å².